The van der Waals surface area contributed by atoms with Crippen molar-refractivity contribution in [1.82, 2.24) is 0 Å². The first-order chi connectivity index (χ1) is 4.91. The van der Waals surface area contributed by atoms with Crippen LogP contribution in [0.25, 0.3) is 0 Å². The number of nitrogens with two attached hydrogens (primary N) is 1. The van der Waals surface area contributed by atoms with Crippen molar-refractivity contribution in [3.8, 4) is 0 Å². The van der Waals surface area contributed by atoms with E-state index in [1.54, 1.807) is 6.20 Å². The minimum atomic E-state index is 1.12. The quantitative estimate of drug-likeness (QED) is 0.444. The summed E-state index contributed by atoms with van der Waals surface area (Å²) < 4.78 is 0. The van der Waals surface area contributed by atoms with Crippen molar-refractivity contribution < 1.29 is 0 Å². The molecule has 0 aliphatic rings. The molecule has 0 atom stereocenters. The molecule has 0 aliphatic heterocycles. The standard InChI is InChI=1S/C9H17N/c1-2-3-4-5-6-7-8-9-10/h2,8-9H,1,3-7,10H2/b9-8-. The van der Waals surface area contributed by atoms with Crippen LogP contribution in [0.5, 0.6) is 0 Å². The Morgan fingerprint density at radius 3 is 2.40 bits per heavy atom. The Morgan fingerprint density at radius 1 is 1.10 bits per heavy atom. The van der Waals surface area contributed by atoms with E-state index in [0.717, 1.165) is 12.8 Å². The lowest BCUT2D eigenvalue weighted by molar-refractivity contribution is 0.696. The lowest BCUT2D eigenvalue weighted by atomic mass is 10.1. The maximum atomic E-state index is 5.17. The number of rotatable bonds is 6. The number of hydrogen-bond donors (Lipinski definition) is 1. The number of unbranched alkanes of at least 4 members (excludes halogenated alkanes) is 4. The van der Waals surface area contributed by atoms with Crippen LogP contribution in [0.1, 0.15) is 32.1 Å². The van der Waals surface area contributed by atoms with Crippen LogP contribution in [0, 0.1) is 0 Å². The van der Waals surface area contributed by atoms with Gasteiger partial charge in [-0.3, -0.25) is 0 Å². The van der Waals surface area contributed by atoms with Gasteiger partial charge in [-0.1, -0.05) is 18.6 Å². The van der Waals surface area contributed by atoms with Crippen LogP contribution in [0.2, 0.25) is 0 Å². The molecule has 0 aliphatic carbocycles. The zero-order valence-corrected chi connectivity index (χ0v) is 6.55. The Bertz CT molecular complexity index is 94.9. The summed E-state index contributed by atoms with van der Waals surface area (Å²) in [5.74, 6) is 0. The molecule has 0 bridgehead atoms. The molecule has 0 heterocycles. The molecule has 10 heavy (non-hydrogen) atoms. The first-order valence-corrected chi connectivity index (χ1v) is 3.89. The lowest BCUT2D eigenvalue weighted by Gasteiger charge is -1.93. The Hall–Kier alpha value is -0.720. The van der Waals surface area contributed by atoms with Gasteiger partial charge in [0, 0.05) is 0 Å². The maximum absolute atomic E-state index is 5.17. The van der Waals surface area contributed by atoms with Gasteiger partial charge in [-0.05, 0) is 31.9 Å². The van der Waals surface area contributed by atoms with E-state index in [1.807, 2.05) is 12.2 Å². The minimum absolute atomic E-state index is 1.12. The normalized spacial score (nSPS) is 10.4. The van der Waals surface area contributed by atoms with E-state index in [0.29, 0.717) is 0 Å². The molecule has 0 fully saturated rings. The SMILES string of the molecule is C=CCCCCC/C=C\N. The summed E-state index contributed by atoms with van der Waals surface area (Å²) in [6.45, 7) is 3.66. The summed E-state index contributed by atoms with van der Waals surface area (Å²) in [7, 11) is 0. The van der Waals surface area contributed by atoms with Gasteiger partial charge in [0.15, 0.2) is 0 Å². The molecule has 0 radical (unpaired) electrons. The van der Waals surface area contributed by atoms with Crippen LogP contribution >= 0.6 is 0 Å². The van der Waals surface area contributed by atoms with Crippen LogP contribution in [-0.4, -0.2) is 0 Å². The third-order valence-corrected chi connectivity index (χ3v) is 1.42. The van der Waals surface area contributed by atoms with Crippen LogP contribution in [0.4, 0.5) is 0 Å². The Labute approximate surface area is 63.6 Å². The lowest BCUT2D eigenvalue weighted by Crippen LogP contribution is -1.78. The second kappa shape index (κ2) is 8.28. The van der Waals surface area contributed by atoms with E-state index in [1.165, 1.54) is 19.3 Å². The molecule has 0 rings (SSSR count). The molecule has 0 aromatic rings. The minimum Gasteiger partial charge on any atom is -0.405 e. The molecule has 0 spiro atoms. The zero-order chi connectivity index (χ0) is 7.66. The average Bonchev–Trinajstić information content (AvgIpc) is 1.97. The fourth-order valence-corrected chi connectivity index (χ4v) is 0.824. The van der Waals surface area contributed by atoms with Crippen molar-refractivity contribution >= 4 is 0 Å². The van der Waals surface area contributed by atoms with Crippen LogP contribution in [0.15, 0.2) is 24.9 Å². The van der Waals surface area contributed by atoms with Gasteiger partial charge in [0.25, 0.3) is 0 Å². The first kappa shape index (κ1) is 9.28. The Kier molecular flexibility index (Phi) is 7.68. The highest BCUT2D eigenvalue weighted by molar-refractivity contribution is 4.75. The van der Waals surface area contributed by atoms with Crippen LogP contribution in [0.3, 0.4) is 0 Å². The second-order valence-corrected chi connectivity index (χ2v) is 2.35. The highest BCUT2D eigenvalue weighted by Crippen LogP contribution is 2.02. The van der Waals surface area contributed by atoms with Crippen LogP contribution in [-0.2, 0) is 0 Å². The van der Waals surface area contributed by atoms with Crippen molar-refractivity contribution in [2.45, 2.75) is 32.1 Å². The molecule has 1 heteroatoms. The van der Waals surface area contributed by atoms with Gasteiger partial charge in [-0.15, -0.1) is 6.58 Å². The summed E-state index contributed by atoms with van der Waals surface area (Å²) in [5.41, 5.74) is 5.17. The fraction of sp³-hybridized carbons (Fsp3) is 0.556. The molecule has 0 amide bonds. The zero-order valence-electron chi connectivity index (χ0n) is 6.55. The summed E-state index contributed by atoms with van der Waals surface area (Å²) in [5, 5.41) is 0. The predicted molar refractivity (Wildman–Crippen MR) is 46.6 cm³/mol. The first-order valence-electron chi connectivity index (χ1n) is 3.89. The van der Waals surface area contributed by atoms with E-state index in [-0.39, 0.29) is 0 Å². The molecule has 0 saturated carbocycles. The molecule has 58 valence electrons. The van der Waals surface area contributed by atoms with Crippen LogP contribution < -0.4 is 5.73 Å². The van der Waals surface area contributed by atoms with Crippen molar-refractivity contribution in [1.29, 1.82) is 0 Å². The Morgan fingerprint density at radius 2 is 1.80 bits per heavy atom. The molecular weight excluding hydrogens is 122 g/mol. The van der Waals surface area contributed by atoms with Gasteiger partial charge in [-0.25, -0.2) is 0 Å². The van der Waals surface area contributed by atoms with Gasteiger partial charge in [0.2, 0.25) is 0 Å². The van der Waals surface area contributed by atoms with Crippen molar-refractivity contribution in [3.63, 3.8) is 0 Å². The highest BCUT2D eigenvalue weighted by atomic mass is 14.5. The maximum Gasteiger partial charge on any atom is -0.0103 e. The second-order valence-electron chi connectivity index (χ2n) is 2.35. The third kappa shape index (κ3) is 7.28. The monoisotopic (exact) mass is 139 g/mol. The summed E-state index contributed by atoms with van der Waals surface area (Å²) in [6.07, 6.45) is 11.7. The van der Waals surface area contributed by atoms with Gasteiger partial charge < -0.3 is 5.73 Å². The molecule has 0 aromatic heterocycles. The van der Waals surface area contributed by atoms with E-state index in [9.17, 15) is 0 Å². The van der Waals surface area contributed by atoms with E-state index in [2.05, 4.69) is 6.58 Å². The largest absolute Gasteiger partial charge is 0.405 e. The molecule has 0 saturated heterocycles. The average molecular weight is 139 g/mol. The van der Waals surface area contributed by atoms with E-state index >= 15 is 0 Å². The van der Waals surface area contributed by atoms with E-state index < -0.39 is 0 Å². The highest BCUT2D eigenvalue weighted by Gasteiger charge is 1.83. The topological polar surface area (TPSA) is 26.0 Å². The van der Waals surface area contributed by atoms with Gasteiger partial charge in [0.05, 0.1) is 0 Å². The summed E-state index contributed by atoms with van der Waals surface area (Å²) in [4.78, 5) is 0. The summed E-state index contributed by atoms with van der Waals surface area (Å²) >= 11 is 0. The summed E-state index contributed by atoms with van der Waals surface area (Å²) in [6, 6.07) is 0. The molecule has 2 N–H and O–H groups in total. The Balaban J connectivity index is 2.83. The smallest absolute Gasteiger partial charge is 0.0103 e. The molecule has 0 unspecified atom stereocenters. The van der Waals surface area contributed by atoms with Crippen molar-refractivity contribution in [2.24, 2.45) is 5.73 Å². The van der Waals surface area contributed by atoms with Gasteiger partial charge >= 0.3 is 0 Å². The van der Waals surface area contributed by atoms with E-state index in [4.69, 9.17) is 5.73 Å². The van der Waals surface area contributed by atoms with Crippen molar-refractivity contribution in [3.05, 3.63) is 24.9 Å². The fourth-order valence-electron chi connectivity index (χ4n) is 0.824. The molecule has 1 nitrogen and oxygen atoms in total. The molecule has 0 aromatic carbocycles. The van der Waals surface area contributed by atoms with Crippen molar-refractivity contribution in [2.75, 3.05) is 0 Å². The predicted octanol–water partition coefficient (Wildman–Crippen LogP) is 2.60. The molecular formula is C9H17N. The number of hydrogen-bond acceptors (Lipinski definition) is 1. The number of allylic oxidation sites excluding steroid dienone is 2. The van der Waals surface area contributed by atoms with Gasteiger partial charge in [-0.2, -0.15) is 0 Å². The third-order valence-electron chi connectivity index (χ3n) is 1.42. The van der Waals surface area contributed by atoms with Gasteiger partial charge in [0.1, 0.15) is 0 Å².